The van der Waals surface area contributed by atoms with Gasteiger partial charge in [-0.05, 0) is 12.1 Å². The van der Waals surface area contributed by atoms with E-state index in [9.17, 15) is 0 Å². The van der Waals surface area contributed by atoms with Crippen molar-refractivity contribution in [1.29, 1.82) is 0 Å². The molecular weight excluding hydrogens is 1440 g/mol. The number of aromatic nitrogens is 16. The van der Waals surface area contributed by atoms with Crippen molar-refractivity contribution in [2.45, 2.75) is 310 Å². The molecule has 13 rings (SSSR count). The van der Waals surface area contributed by atoms with Gasteiger partial charge in [-0.25, -0.2) is 15.0 Å². The lowest BCUT2D eigenvalue weighted by molar-refractivity contribution is 0.173. The maximum Gasteiger partial charge on any atom is 0.231 e. The Morgan fingerprint density at radius 2 is 1.07 bits per heavy atom. The van der Waals surface area contributed by atoms with E-state index >= 15 is 0 Å². The first kappa shape index (κ1) is 98.7. The van der Waals surface area contributed by atoms with Crippen molar-refractivity contribution in [1.82, 2.24) is 81.4 Å². The van der Waals surface area contributed by atoms with Crippen LogP contribution in [0.5, 0.6) is 0 Å². The van der Waals surface area contributed by atoms with Crippen molar-refractivity contribution in [2.24, 2.45) is 21.0 Å². The molecule has 0 atom stereocenters. The third-order valence-electron chi connectivity index (χ3n) is 14.5. The molecule has 0 fully saturated rings. The number of hydrogen-bond acceptors (Lipinski definition) is 28. The van der Waals surface area contributed by atoms with E-state index in [2.05, 4.69) is 283 Å². The highest BCUT2D eigenvalue weighted by Gasteiger charge is 2.27. The number of fused-ring (bicyclic) bond motifs is 1. The Labute approximate surface area is 670 Å². The summed E-state index contributed by atoms with van der Waals surface area (Å²) in [6.45, 7) is 77.5. The van der Waals surface area contributed by atoms with E-state index in [1.54, 1.807) is 54.2 Å². The van der Waals surface area contributed by atoms with Crippen molar-refractivity contribution in [3.8, 4) is 0 Å². The molecule has 29 heteroatoms. The van der Waals surface area contributed by atoms with E-state index < -0.39 is 0 Å². The number of aliphatic imine (C=N–C) groups is 1. The van der Waals surface area contributed by atoms with Crippen LogP contribution in [0.3, 0.4) is 0 Å². The van der Waals surface area contributed by atoms with Crippen LogP contribution in [-0.2, 0) is 63.7 Å². The molecule has 0 saturated heterocycles. The number of nitrogens with zero attached hydrogens (tertiary/aromatic N) is 17. The molecule has 0 radical (unpaired) electrons. The average Bonchev–Trinajstić information content (AvgIpc) is 1.67. The Morgan fingerprint density at radius 1 is 0.446 bits per heavy atom. The number of hydrogen-bond donors (Lipinski definition) is 1. The molecule has 2 aliphatic rings. The highest BCUT2D eigenvalue weighted by molar-refractivity contribution is 7.09. The van der Waals surface area contributed by atoms with Crippen LogP contribution in [0, 0.1) is 10.8 Å². The number of para-hydroxylation sites is 2. The Kier molecular flexibility index (Phi) is 37.9. The SMILES string of the molecule is CC(C)(C)C1=NCCO1.CC(C)(C)C1=NOCC1.CC(C)(C)c1ccno1.CC(C)(C)c1ccon1.CC(C)(C)c1cn[nH]n1.CC(C)(C)c1cnco1.CC(C)(C)c1nc2ccccc2o1.CC(C)(C)c1ncco1.CC(C)(C)c1ncno1.CC(C)(C)c1ncon1.CC(C)(C)c1nnco1.CC(C)(C)c1nncs1. The van der Waals surface area contributed by atoms with Gasteiger partial charge in [-0.15, -0.1) is 31.7 Å². The summed E-state index contributed by atoms with van der Waals surface area (Å²) in [6.07, 6.45) is 16.6. The van der Waals surface area contributed by atoms with Crippen LogP contribution in [0.15, 0.2) is 151 Å². The summed E-state index contributed by atoms with van der Waals surface area (Å²) < 4.78 is 45.1. The number of oxazole rings is 3. The molecule has 0 amide bonds. The minimum absolute atomic E-state index is 0.00694. The average molecular weight is 1580 g/mol. The van der Waals surface area contributed by atoms with Crippen LogP contribution in [-0.4, -0.2) is 113 Å². The molecule has 1 N–H and O–H groups in total. The molecule has 11 aromatic rings. The molecule has 112 heavy (non-hydrogen) atoms. The van der Waals surface area contributed by atoms with Gasteiger partial charge in [0.25, 0.3) is 0 Å². The summed E-state index contributed by atoms with van der Waals surface area (Å²) in [5.74, 6) is 6.48. The first-order chi connectivity index (χ1) is 51.2. The summed E-state index contributed by atoms with van der Waals surface area (Å²) in [7, 11) is 0. The molecule has 0 aliphatic carbocycles. The Morgan fingerprint density at radius 3 is 1.34 bits per heavy atom. The van der Waals surface area contributed by atoms with Crippen LogP contribution >= 0.6 is 11.3 Å². The number of ether oxygens (including phenoxy) is 1. The maximum atomic E-state index is 5.62. The summed E-state index contributed by atoms with van der Waals surface area (Å²) in [6, 6.07) is 11.6. The number of H-pyrrole nitrogens is 1. The summed E-state index contributed by atoms with van der Waals surface area (Å²) in [5, 5.41) is 44.9. The zero-order valence-electron chi connectivity index (χ0n) is 74.2. The van der Waals surface area contributed by atoms with Gasteiger partial charge in [0.2, 0.25) is 30.5 Å². The van der Waals surface area contributed by atoms with Crippen molar-refractivity contribution in [3.05, 3.63) is 162 Å². The fourth-order valence-electron chi connectivity index (χ4n) is 7.75. The lowest BCUT2D eigenvalue weighted by Gasteiger charge is -2.16. The number of oxime groups is 1. The predicted octanol–water partition coefficient (Wildman–Crippen LogP) is 21.3. The molecule has 28 nitrogen and oxygen atoms in total. The van der Waals surface area contributed by atoms with E-state index in [0.717, 1.165) is 88.7 Å². The van der Waals surface area contributed by atoms with Gasteiger partial charge in [0.15, 0.2) is 35.9 Å². The largest absolute Gasteiger partial charge is 0.479 e. The van der Waals surface area contributed by atoms with Gasteiger partial charge in [-0.3, -0.25) is 4.99 Å². The van der Waals surface area contributed by atoms with Gasteiger partial charge in [0.05, 0.1) is 48.4 Å². The second kappa shape index (κ2) is 43.0. The Bertz CT molecular complexity index is 3500. The molecule has 10 aromatic heterocycles. The minimum atomic E-state index is -0.0174. The third kappa shape index (κ3) is 39.7. The minimum Gasteiger partial charge on any atom is -0.479 e. The Hall–Kier alpha value is -9.41. The van der Waals surface area contributed by atoms with Gasteiger partial charge >= 0.3 is 0 Å². The highest BCUT2D eigenvalue weighted by atomic mass is 32.1. The lowest BCUT2D eigenvalue weighted by atomic mass is 9.89. The maximum absolute atomic E-state index is 5.62. The van der Waals surface area contributed by atoms with Gasteiger partial charge in [0.1, 0.15) is 53.3 Å². The molecule has 0 bridgehead atoms. The lowest BCUT2D eigenvalue weighted by Crippen LogP contribution is -2.20. The highest BCUT2D eigenvalue weighted by Crippen LogP contribution is 2.29. The van der Waals surface area contributed by atoms with Gasteiger partial charge in [0, 0.05) is 83.5 Å². The molecule has 0 saturated carbocycles. The van der Waals surface area contributed by atoms with Gasteiger partial charge in [-0.2, -0.15) is 25.4 Å². The van der Waals surface area contributed by atoms with Crippen molar-refractivity contribution >= 4 is 34.0 Å². The van der Waals surface area contributed by atoms with Crippen molar-refractivity contribution < 1.29 is 45.3 Å². The zero-order valence-corrected chi connectivity index (χ0v) is 75.1. The first-order valence-electron chi connectivity index (χ1n) is 37.5. The third-order valence-corrected chi connectivity index (χ3v) is 15.6. The van der Waals surface area contributed by atoms with Gasteiger partial charge in [-0.1, -0.05) is 287 Å². The van der Waals surface area contributed by atoms with Crippen LogP contribution in [0.25, 0.3) is 11.1 Å². The van der Waals surface area contributed by atoms with E-state index in [1.807, 2.05) is 98.7 Å². The van der Waals surface area contributed by atoms with Gasteiger partial charge < -0.3 is 45.3 Å². The molecule has 12 heterocycles. The van der Waals surface area contributed by atoms with E-state index in [0.29, 0.717) is 11.8 Å². The fourth-order valence-corrected chi connectivity index (χ4v) is 8.40. The molecule has 622 valence electrons. The summed E-state index contributed by atoms with van der Waals surface area (Å²) in [5.41, 5.74) is 7.66. The Balaban J connectivity index is 0.000000415. The number of aromatic amines is 1. The van der Waals surface area contributed by atoms with Crippen molar-refractivity contribution in [2.75, 3.05) is 19.8 Å². The molecular formula is C83H134N18O10S. The molecule has 2 aliphatic heterocycles. The molecule has 0 spiro atoms. The number of nitrogens with one attached hydrogen (secondary N) is 1. The zero-order chi connectivity index (χ0) is 85.4. The van der Waals surface area contributed by atoms with Crippen molar-refractivity contribution in [3.63, 3.8) is 0 Å². The predicted molar refractivity (Wildman–Crippen MR) is 441 cm³/mol. The summed E-state index contributed by atoms with van der Waals surface area (Å²) >= 11 is 1.61. The van der Waals surface area contributed by atoms with Crippen LogP contribution in [0.4, 0.5) is 0 Å². The van der Waals surface area contributed by atoms with E-state index in [1.165, 1.54) is 31.2 Å². The molecule has 1 aromatic carbocycles. The van der Waals surface area contributed by atoms with E-state index in [4.69, 9.17) is 40.8 Å². The van der Waals surface area contributed by atoms with E-state index in [-0.39, 0.29) is 65.0 Å². The number of rotatable bonds is 0. The van der Waals surface area contributed by atoms with Crippen LogP contribution in [0.2, 0.25) is 0 Å². The standard InChI is InChI=1S/C11H13NO.C7H11NO.C7H13NO.C7H11NO.C7H13NO.2C7H11NO.C6H11N3.3C6H10N2O.C6H10N2S/c1-11(2,3)10-12-8-6-4-5-7-9(8)13-10;1-7(2,3)6-4-8-5-9-6;2*1-7(2,3)6-8-4-5-9-6;2*1-7(2,3)6-4-5-9-8-6;1-7(2,3)6-4-5-8-9-6;1-6(2,3)5-4-7-9-8-5;1-6(2,3)5-8-7-4-9-5;1-6(2,3)5-7-4-9-8-5;1-6(2,3)5-7-4-8-9-5;1-6(2,3)5-8-7-4-9-5/h4-7H,1-3H3;4-5H,1-3H3;4-5H2,1-3H3;4-5H,1-3H3;4-5H2,1-3H3;2*4-5H,1-3H3;4H,1-3H3,(H,7,8,9);4*4H,1-3H3. The second-order valence-electron chi connectivity index (χ2n) is 38.5. The second-order valence-corrected chi connectivity index (χ2v) is 39.3. The van der Waals surface area contributed by atoms with Crippen LogP contribution < -0.4 is 0 Å². The first-order valence-corrected chi connectivity index (χ1v) is 38.4. The normalized spacial score (nSPS) is 13.1. The topological polar surface area (TPSA) is 357 Å². The smallest absolute Gasteiger partial charge is 0.231 e. The van der Waals surface area contributed by atoms with Crippen LogP contribution in [0.1, 0.15) is 313 Å². The molecule has 0 unspecified atom stereocenters. The monoisotopic (exact) mass is 1580 g/mol. The quantitative estimate of drug-likeness (QED) is 0.147. The fraction of sp³-hybridized carbons (Fsp3) is 0.627. The number of benzene rings is 1. The summed E-state index contributed by atoms with van der Waals surface area (Å²) in [4.78, 5) is 29.2.